The average Bonchev–Trinajstić information content (AvgIpc) is 2.20. The molecule has 0 amide bonds. The van der Waals surface area contributed by atoms with Crippen LogP contribution >= 0.6 is 0 Å². The Morgan fingerprint density at radius 2 is 1.93 bits per heavy atom. The summed E-state index contributed by atoms with van der Waals surface area (Å²) in [6, 6.07) is 8.31. The van der Waals surface area contributed by atoms with E-state index < -0.39 is 0 Å². The molecule has 0 fully saturated rings. The molecule has 2 unspecified atom stereocenters. The predicted octanol–water partition coefficient (Wildman–Crippen LogP) is 2.75. The first-order valence-electron chi connectivity index (χ1n) is 5.63. The van der Waals surface area contributed by atoms with Gasteiger partial charge in [-0.25, -0.2) is 0 Å². The first-order valence-corrected chi connectivity index (χ1v) is 5.63. The van der Waals surface area contributed by atoms with E-state index in [2.05, 4.69) is 19.9 Å². The second-order valence-electron chi connectivity index (χ2n) is 4.13. The Morgan fingerprint density at radius 1 is 1.27 bits per heavy atom. The highest BCUT2D eigenvalue weighted by Crippen LogP contribution is 2.21. The standard InChI is InChI=1S/C13H21NO/c1-4-11(3)15-13-8-6-5-7-12(13)9-10(2)14/h5-8,10-11H,4,9,14H2,1-3H3. The van der Waals surface area contributed by atoms with Gasteiger partial charge in [-0.05, 0) is 38.3 Å². The summed E-state index contributed by atoms with van der Waals surface area (Å²) >= 11 is 0. The van der Waals surface area contributed by atoms with Gasteiger partial charge in [-0.1, -0.05) is 25.1 Å². The Kier molecular flexibility index (Phi) is 4.63. The highest BCUT2D eigenvalue weighted by atomic mass is 16.5. The molecular formula is C13H21NO. The summed E-state index contributed by atoms with van der Waals surface area (Å²) in [5, 5.41) is 0. The molecule has 0 aliphatic heterocycles. The van der Waals surface area contributed by atoms with Crippen LogP contribution in [0.25, 0.3) is 0 Å². The van der Waals surface area contributed by atoms with Crippen molar-refractivity contribution in [1.82, 2.24) is 0 Å². The zero-order valence-corrected chi connectivity index (χ0v) is 9.86. The molecule has 1 aromatic rings. The van der Waals surface area contributed by atoms with Crippen LogP contribution in [0.5, 0.6) is 5.75 Å². The molecule has 0 bridgehead atoms. The lowest BCUT2D eigenvalue weighted by molar-refractivity contribution is 0.215. The predicted molar refractivity (Wildman–Crippen MR) is 64.2 cm³/mol. The smallest absolute Gasteiger partial charge is 0.122 e. The fraction of sp³-hybridized carbons (Fsp3) is 0.538. The van der Waals surface area contributed by atoms with E-state index in [1.54, 1.807) is 0 Å². The van der Waals surface area contributed by atoms with Crippen LogP contribution in [0.1, 0.15) is 32.8 Å². The first kappa shape index (κ1) is 12.1. The van der Waals surface area contributed by atoms with Crippen LogP contribution in [0.15, 0.2) is 24.3 Å². The zero-order valence-electron chi connectivity index (χ0n) is 9.86. The van der Waals surface area contributed by atoms with Gasteiger partial charge in [0.2, 0.25) is 0 Å². The largest absolute Gasteiger partial charge is 0.490 e. The zero-order chi connectivity index (χ0) is 11.3. The number of nitrogens with two attached hydrogens (primary N) is 1. The molecule has 0 spiro atoms. The van der Waals surface area contributed by atoms with Gasteiger partial charge in [0.1, 0.15) is 5.75 Å². The van der Waals surface area contributed by atoms with Crippen molar-refractivity contribution >= 4 is 0 Å². The van der Waals surface area contributed by atoms with Gasteiger partial charge in [0, 0.05) is 6.04 Å². The number of hydrogen-bond acceptors (Lipinski definition) is 2. The maximum atomic E-state index is 5.84. The van der Waals surface area contributed by atoms with E-state index in [4.69, 9.17) is 10.5 Å². The van der Waals surface area contributed by atoms with Gasteiger partial charge in [-0.2, -0.15) is 0 Å². The van der Waals surface area contributed by atoms with Crippen molar-refractivity contribution in [3.63, 3.8) is 0 Å². The normalized spacial score (nSPS) is 14.7. The van der Waals surface area contributed by atoms with Crippen LogP contribution in [0.4, 0.5) is 0 Å². The van der Waals surface area contributed by atoms with Crippen LogP contribution in [-0.2, 0) is 6.42 Å². The maximum absolute atomic E-state index is 5.84. The van der Waals surface area contributed by atoms with E-state index in [-0.39, 0.29) is 12.1 Å². The molecule has 2 nitrogen and oxygen atoms in total. The van der Waals surface area contributed by atoms with E-state index in [0.717, 1.165) is 18.6 Å². The van der Waals surface area contributed by atoms with Gasteiger partial charge in [0.25, 0.3) is 0 Å². The monoisotopic (exact) mass is 207 g/mol. The van der Waals surface area contributed by atoms with E-state index in [0.29, 0.717) is 0 Å². The minimum absolute atomic E-state index is 0.173. The molecule has 1 aromatic carbocycles. The van der Waals surface area contributed by atoms with Crippen molar-refractivity contribution in [2.75, 3.05) is 0 Å². The van der Waals surface area contributed by atoms with Crippen molar-refractivity contribution in [1.29, 1.82) is 0 Å². The molecule has 0 radical (unpaired) electrons. The molecule has 0 aromatic heterocycles. The Labute approximate surface area is 92.4 Å². The second-order valence-corrected chi connectivity index (χ2v) is 4.13. The SMILES string of the molecule is CCC(C)Oc1ccccc1CC(C)N. The molecule has 0 saturated heterocycles. The summed E-state index contributed by atoms with van der Waals surface area (Å²) in [5.41, 5.74) is 7.00. The van der Waals surface area contributed by atoms with Crippen LogP contribution in [0.2, 0.25) is 0 Å². The fourth-order valence-electron chi connectivity index (χ4n) is 1.43. The third-order valence-corrected chi connectivity index (χ3v) is 2.42. The summed E-state index contributed by atoms with van der Waals surface area (Å²) < 4.78 is 5.84. The lowest BCUT2D eigenvalue weighted by atomic mass is 10.1. The third-order valence-electron chi connectivity index (χ3n) is 2.42. The van der Waals surface area contributed by atoms with Crippen LogP contribution in [0, 0.1) is 0 Å². The van der Waals surface area contributed by atoms with Crippen molar-refractivity contribution in [2.24, 2.45) is 5.73 Å². The Morgan fingerprint density at radius 3 is 2.53 bits per heavy atom. The summed E-state index contributed by atoms with van der Waals surface area (Å²) in [5.74, 6) is 0.976. The molecule has 15 heavy (non-hydrogen) atoms. The summed E-state index contributed by atoms with van der Waals surface area (Å²) in [7, 11) is 0. The van der Waals surface area contributed by atoms with Crippen molar-refractivity contribution < 1.29 is 4.74 Å². The van der Waals surface area contributed by atoms with Crippen molar-refractivity contribution in [3.05, 3.63) is 29.8 Å². The highest BCUT2D eigenvalue weighted by Gasteiger charge is 2.07. The van der Waals surface area contributed by atoms with Crippen molar-refractivity contribution in [3.8, 4) is 5.75 Å². The topological polar surface area (TPSA) is 35.2 Å². The molecule has 2 N–H and O–H groups in total. The number of rotatable bonds is 5. The van der Waals surface area contributed by atoms with E-state index in [1.165, 1.54) is 5.56 Å². The quantitative estimate of drug-likeness (QED) is 0.805. The van der Waals surface area contributed by atoms with Crippen LogP contribution in [-0.4, -0.2) is 12.1 Å². The summed E-state index contributed by atoms with van der Waals surface area (Å²) in [4.78, 5) is 0. The highest BCUT2D eigenvalue weighted by molar-refractivity contribution is 5.34. The molecular weight excluding hydrogens is 186 g/mol. The maximum Gasteiger partial charge on any atom is 0.122 e. The lowest BCUT2D eigenvalue weighted by Crippen LogP contribution is -2.19. The summed E-state index contributed by atoms with van der Waals surface area (Å²) in [6.45, 7) is 6.22. The minimum atomic E-state index is 0.173. The van der Waals surface area contributed by atoms with Gasteiger partial charge in [0.15, 0.2) is 0 Å². The van der Waals surface area contributed by atoms with Crippen LogP contribution in [0.3, 0.4) is 0 Å². The Bertz CT molecular complexity index is 296. The Hall–Kier alpha value is -1.02. The van der Waals surface area contributed by atoms with Gasteiger partial charge >= 0.3 is 0 Å². The molecule has 2 heteroatoms. The molecule has 84 valence electrons. The van der Waals surface area contributed by atoms with Gasteiger partial charge in [-0.15, -0.1) is 0 Å². The average molecular weight is 207 g/mol. The number of para-hydroxylation sites is 1. The first-order chi connectivity index (χ1) is 7.13. The second kappa shape index (κ2) is 5.76. The number of ether oxygens (including phenoxy) is 1. The van der Waals surface area contributed by atoms with Gasteiger partial charge < -0.3 is 10.5 Å². The Balaban J connectivity index is 2.76. The van der Waals surface area contributed by atoms with Gasteiger partial charge in [-0.3, -0.25) is 0 Å². The lowest BCUT2D eigenvalue weighted by Gasteiger charge is -2.16. The molecule has 0 aliphatic rings. The summed E-state index contributed by atoms with van der Waals surface area (Å²) in [6.07, 6.45) is 2.15. The van der Waals surface area contributed by atoms with E-state index in [1.807, 2.05) is 25.1 Å². The molecule has 2 atom stereocenters. The number of hydrogen-bond donors (Lipinski definition) is 1. The number of benzene rings is 1. The third kappa shape index (κ3) is 3.92. The van der Waals surface area contributed by atoms with E-state index >= 15 is 0 Å². The van der Waals surface area contributed by atoms with Crippen LogP contribution < -0.4 is 10.5 Å². The minimum Gasteiger partial charge on any atom is -0.490 e. The fourth-order valence-corrected chi connectivity index (χ4v) is 1.43. The molecule has 0 aliphatic carbocycles. The van der Waals surface area contributed by atoms with Crippen molar-refractivity contribution in [2.45, 2.75) is 45.8 Å². The van der Waals surface area contributed by atoms with E-state index in [9.17, 15) is 0 Å². The molecule has 0 saturated carbocycles. The van der Waals surface area contributed by atoms with Gasteiger partial charge in [0.05, 0.1) is 6.10 Å². The molecule has 1 rings (SSSR count). The molecule has 0 heterocycles.